The van der Waals surface area contributed by atoms with E-state index in [2.05, 4.69) is 20.8 Å². The van der Waals surface area contributed by atoms with Crippen LogP contribution in [-0.2, 0) is 20.7 Å². The molecule has 0 saturated heterocycles. The van der Waals surface area contributed by atoms with E-state index >= 15 is 0 Å². The molecule has 5 heteroatoms. The summed E-state index contributed by atoms with van der Waals surface area (Å²) in [6.07, 6.45) is 6.20. The lowest BCUT2D eigenvalue weighted by molar-refractivity contribution is -0.158. The Hall–Kier alpha value is -1.98. The summed E-state index contributed by atoms with van der Waals surface area (Å²) >= 11 is 0. The second kappa shape index (κ2) is 11.9. The van der Waals surface area contributed by atoms with Crippen LogP contribution in [0, 0.1) is 29.6 Å². The van der Waals surface area contributed by atoms with Gasteiger partial charge < -0.3 is 14.9 Å². The van der Waals surface area contributed by atoms with Crippen molar-refractivity contribution < 1.29 is 24.5 Å². The number of carbonyl (C=O) groups excluding carboxylic acids is 2. The first kappa shape index (κ1) is 25.6. The van der Waals surface area contributed by atoms with E-state index in [-0.39, 0.29) is 30.7 Å². The van der Waals surface area contributed by atoms with Gasteiger partial charge in [-0.15, -0.1) is 0 Å². The number of esters is 1. The van der Waals surface area contributed by atoms with Crippen molar-refractivity contribution in [3.8, 4) is 0 Å². The zero-order valence-corrected chi connectivity index (χ0v) is 20.2. The molecule has 1 aromatic carbocycles. The van der Waals surface area contributed by atoms with E-state index in [1.165, 1.54) is 0 Å². The Labute approximate surface area is 198 Å². The van der Waals surface area contributed by atoms with Crippen molar-refractivity contribution in [3.63, 3.8) is 0 Å². The summed E-state index contributed by atoms with van der Waals surface area (Å²) in [6, 6.07) is 9.95. The molecule has 2 N–H and O–H groups in total. The highest BCUT2D eigenvalue weighted by molar-refractivity contribution is 5.88. The first-order valence-corrected chi connectivity index (χ1v) is 12.5. The van der Waals surface area contributed by atoms with Gasteiger partial charge in [0.1, 0.15) is 11.9 Å². The molecule has 33 heavy (non-hydrogen) atoms. The summed E-state index contributed by atoms with van der Waals surface area (Å²) in [5.74, 6) is -0.198. The Morgan fingerprint density at radius 3 is 2.64 bits per heavy atom. The highest BCUT2D eigenvalue weighted by Crippen LogP contribution is 2.37. The maximum Gasteiger partial charge on any atom is 0.306 e. The minimum Gasteiger partial charge on any atom is -0.462 e. The number of hydrogen-bond acceptors (Lipinski definition) is 5. The Balaban J connectivity index is 1.57. The molecule has 2 fully saturated rings. The molecule has 0 aromatic heterocycles. The second-order valence-corrected chi connectivity index (χ2v) is 10.5. The number of Topliss-reactive ketones (excluding diaryl/α,β-unsaturated/α-hetero) is 1. The fraction of sp³-hybridized carbons (Fsp3) is 0.643. The van der Waals surface area contributed by atoms with Gasteiger partial charge in [0.05, 0.1) is 18.6 Å². The first-order valence-electron chi connectivity index (χ1n) is 12.5. The summed E-state index contributed by atoms with van der Waals surface area (Å²) in [4.78, 5) is 25.3. The standard InChI is InChI=1S/C28H40O5/c1-18(2)22-13-9-19(3)15-27(22)33-28(32)16-24-23(25(30)17-26(24)31)14-12-21(29)11-10-20-7-5-4-6-8-20/h4-8,12,14,18-19,21-25,27,29-30H,9-11,13,15-17H2,1-3H3/t19-,21+,22+,23-,24-,25-,27?/m1/s1. The molecular formula is C28H40O5. The fourth-order valence-corrected chi connectivity index (χ4v) is 5.45. The Morgan fingerprint density at radius 2 is 1.94 bits per heavy atom. The summed E-state index contributed by atoms with van der Waals surface area (Å²) in [5, 5.41) is 20.8. The Bertz CT molecular complexity index is 802. The number of hydrogen-bond donors (Lipinski definition) is 2. The molecule has 3 rings (SSSR count). The van der Waals surface area contributed by atoms with Gasteiger partial charge in [-0.1, -0.05) is 69.7 Å². The number of ketones is 1. The minimum atomic E-state index is -0.828. The zero-order chi connectivity index (χ0) is 24.0. The van der Waals surface area contributed by atoms with Crippen LogP contribution in [0.4, 0.5) is 0 Å². The van der Waals surface area contributed by atoms with Crippen LogP contribution >= 0.6 is 0 Å². The van der Waals surface area contributed by atoms with Crippen LogP contribution in [0.25, 0.3) is 0 Å². The molecule has 2 aliphatic rings. The van der Waals surface area contributed by atoms with Crippen molar-refractivity contribution in [2.24, 2.45) is 29.6 Å². The van der Waals surface area contributed by atoms with Gasteiger partial charge in [0, 0.05) is 18.3 Å². The zero-order valence-electron chi connectivity index (χ0n) is 20.2. The average molecular weight is 457 g/mol. The summed E-state index contributed by atoms with van der Waals surface area (Å²) in [6.45, 7) is 6.53. The maximum atomic E-state index is 12.8. The molecule has 2 saturated carbocycles. The topological polar surface area (TPSA) is 83.8 Å². The molecule has 0 spiro atoms. The molecule has 5 nitrogen and oxygen atoms in total. The predicted octanol–water partition coefficient (Wildman–Crippen LogP) is 4.50. The number of aliphatic hydroxyl groups is 2. The smallest absolute Gasteiger partial charge is 0.306 e. The van der Waals surface area contributed by atoms with Crippen molar-refractivity contribution in [2.45, 2.75) is 84.0 Å². The third-order valence-electron chi connectivity index (χ3n) is 7.49. The number of rotatable bonds is 9. The monoisotopic (exact) mass is 456 g/mol. The van der Waals surface area contributed by atoms with Crippen LogP contribution in [-0.4, -0.2) is 40.3 Å². The van der Waals surface area contributed by atoms with Gasteiger partial charge in [-0.2, -0.15) is 0 Å². The molecule has 0 bridgehead atoms. The number of benzene rings is 1. The van der Waals surface area contributed by atoms with Crippen LogP contribution in [0.2, 0.25) is 0 Å². The molecular weight excluding hydrogens is 416 g/mol. The lowest BCUT2D eigenvalue weighted by atomic mass is 9.75. The molecule has 7 atom stereocenters. The number of carbonyl (C=O) groups is 2. The van der Waals surface area contributed by atoms with E-state index in [9.17, 15) is 19.8 Å². The van der Waals surface area contributed by atoms with Gasteiger partial charge in [-0.05, 0) is 49.0 Å². The molecule has 0 aliphatic heterocycles. The number of aryl methyl sites for hydroxylation is 1. The summed E-state index contributed by atoms with van der Waals surface area (Å²) in [5.41, 5.74) is 1.15. The largest absolute Gasteiger partial charge is 0.462 e. The van der Waals surface area contributed by atoms with Crippen LogP contribution < -0.4 is 0 Å². The molecule has 1 aromatic rings. The summed E-state index contributed by atoms with van der Waals surface area (Å²) < 4.78 is 5.90. The molecule has 182 valence electrons. The van der Waals surface area contributed by atoms with Gasteiger partial charge >= 0.3 is 5.97 Å². The molecule has 0 heterocycles. The van der Waals surface area contributed by atoms with Crippen molar-refractivity contribution in [3.05, 3.63) is 48.0 Å². The van der Waals surface area contributed by atoms with E-state index in [1.54, 1.807) is 12.2 Å². The van der Waals surface area contributed by atoms with E-state index in [4.69, 9.17) is 4.74 Å². The van der Waals surface area contributed by atoms with E-state index < -0.39 is 24.0 Å². The highest BCUT2D eigenvalue weighted by Gasteiger charge is 2.42. The van der Waals surface area contributed by atoms with Crippen molar-refractivity contribution >= 4 is 11.8 Å². The maximum absolute atomic E-state index is 12.8. The van der Waals surface area contributed by atoms with Gasteiger partial charge in [0.15, 0.2) is 0 Å². The minimum absolute atomic E-state index is 0.0132. The third-order valence-corrected chi connectivity index (χ3v) is 7.49. The molecule has 0 radical (unpaired) electrons. The van der Waals surface area contributed by atoms with Crippen molar-refractivity contribution in [2.75, 3.05) is 0 Å². The van der Waals surface area contributed by atoms with Gasteiger partial charge in [0.25, 0.3) is 0 Å². The van der Waals surface area contributed by atoms with Crippen molar-refractivity contribution in [1.29, 1.82) is 0 Å². The van der Waals surface area contributed by atoms with Crippen LogP contribution in [0.5, 0.6) is 0 Å². The quantitative estimate of drug-likeness (QED) is 0.422. The van der Waals surface area contributed by atoms with Gasteiger partial charge in [0.2, 0.25) is 0 Å². The summed E-state index contributed by atoms with van der Waals surface area (Å²) in [7, 11) is 0. The molecule has 1 unspecified atom stereocenters. The Morgan fingerprint density at radius 1 is 1.21 bits per heavy atom. The SMILES string of the molecule is CC(C)[C@@H]1CC[C@@H](C)CC1OC(=O)C[C@H]1C(=O)C[C@@H](O)[C@@H]1C=C[C@@H](O)CCc1ccccc1. The number of ether oxygens (including phenoxy) is 1. The lowest BCUT2D eigenvalue weighted by Gasteiger charge is -2.36. The number of aliphatic hydroxyl groups excluding tert-OH is 2. The van der Waals surface area contributed by atoms with Gasteiger partial charge in [-0.3, -0.25) is 9.59 Å². The van der Waals surface area contributed by atoms with Crippen LogP contribution in [0.3, 0.4) is 0 Å². The lowest BCUT2D eigenvalue weighted by Crippen LogP contribution is -2.36. The van der Waals surface area contributed by atoms with Gasteiger partial charge in [-0.25, -0.2) is 0 Å². The van der Waals surface area contributed by atoms with Crippen LogP contribution in [0.15, 0.2) is 42.5 Å². The van der Waals surface area contributed by atoms with E-state index in [0.29, 0.717) is 24.2 Å². The predicted molar refractivity (Wildman–Crippen MR) is 128 cm³/mol. The van der Waals surface area contributed by atoms with E-state index in [1.807, 2.05) is 30.3 Å². The fourth-order valence-electron chi connectivity index (χ4n) is 5.45. The Kier molecular flexibility index (Phi) is 9.27. The van der Waals surface area contributed by atoms with Crippen molar-refractivity contribution in [1.82, 2.24) is 0 Å². The average Bonchev–Trinajstić information content (AvgIpc) is 3.03. The second-order valence-electron chi connectivity index (χ2n) is 10.5. The normalized spacial score (nSPS) is 31.3. The highest BCUT2D eigenvalue weighted by atomic mass is 16.5. The first-order chi connectivity index (χ1) is 15.7. The molecule has 0 amide bonds. The van der Waals surface area contributed by atoms with Crippen LogP contribution in [0.1, 0.15) is 64.9 Å². The molecule has 2 aliphatic carbocycles. The third kappa shape index (κ3) is 7.25. The van der Waals surface area contributed by atoms with E-state index in [0.717, 1.165) is 31.2 Å².